The summed E-state index contributed by atoms with van der Waals surface area (Å²) in [5, 5.41) is 0. The Morgan fingerprint density at radius 1 is 1.38 bits per heavy atom. The van der Waals surface area contributed by atoms with Gasteiger partial charge in [-0.25, -0.2) is 0 Å². The molecule has 88 valence electrons. The van der Waals surface area contributed by atoms with Gasteiger partial charge in [-0.3, -0.25) is 4.79 Å². The summed E-state index contributed by atoms with van der Waals surface area (Å²) in [7, 11) is 0. The highest BCUT2D eigenvalue weighted by molar-refractivity contribution is 5.79. The van der Waals surface area contributed by atoms with Crippen molar-refractivity contribution in [2.45, 2.75) is 19.5 Å². The predicted octanol–water partition coefficient (Wildman–Crippen LogP) is 3.06. The number of rotatable bonds is 4. The molecule has 0 aliphatic rings. The van der Waals surface area contributed by atoms with Crippen LogP contribution in [0.5, 0.6) is 5.75 Å². The quantitative estimate of drug-likeness (QED) is 0.797. The van der Waals surface area contributed by atoms with Crippen LogP contribution in [0.3, 0.4) is 0 Å². The highest BCUT2D eigenvalue weighted by Gasteiger charge is 2.30. The first-order valence-corrected chi connectivity index (χ1v) is 4.75. The molecule has 2 nitrogen and oxygen atoms in total. The number of ketones is 1. The van der Waals surface area contributed by atoms with Gasteiger partial charge in [0.05, 0.1) is 5.56 Å². The number of carbonyl (C=O) groups excluding carboxylic acids is 1. The number of benzene rings is 1. The molecule has 1 aromatic rings. The van der Waals surface area contributed by atoms with E-state index in [2.05, 4.69) is 0 Å². The Hall–Kier alpha value is -1.52. The summed E-state index contributed by atoms with van der Waals surface area (Å²) in [4.78, 5) is 10.9. The molecule has 0 radical (unpaired) electrons. The Balaban J connectivity index is 2.72. The monoisotopic (exact) mass is 232 g/mol. The third kappa shape index (κ3) is 3.56. The molecular weight excluding hydrogens is 221 g/mol. The summed E-state index contributed by atoms with van der Waals surface area (Å²) in [6, 6.07) is 4.46. The molecule has 0 saturated carbocycles. The highest BCUT2D eigenvalue weighted by Crippen LogP contribution is 2.31. The van der Waals surface area contributed by atoms with Crippen molar-refractivity contribution in [1.29, 1.82) is 0 Å². The van der Waals surface area contributed by atoms with Crippen molar-refractivity contribution in [1.82, 2.24) is 0 Å². The first kappa shape index (κ1) is 12.5. The molecule has 0 amide bonds. The molecule has 0 unspecified atom stereocenters. The minimum atomic E-state index is -4.39. The number of alkyl halides is 3. The minimum Gasteiger partial charge on any atom is -0.486 e. The molecule has 0 N–H and O–H groups in total. The van der Waals surface area contributed by atoms with Gasteiger partial charge in [0.15, 0.2) is 5.78 Å². The van der Waals surface area contributed by atoms with E-state index < -0.39 is 11.7 Å². The summed E-state index contributed by atoms with van der Waals surface area (Å²) in [6.45, 7) is 1.47. The first-order chi connectivity index (χ1) is 7.43. The van der Waals surface area contributed by atoms with Gasteiger partial charge in [-0.15, -0.1) is 0 Å². The molecule has 0 bridgehead atoms. The van der Waals surface area contributed by atoms with Crippen LogP contribution in [0.4, 0.5) is 13.2 Å². The van der Waals surface area contributed by atoms with E-state index in [9.17, 15) is 18.0 Å². The summed E-state index contributed by atoms with van der Waals surface area (Å²) >= 11 is 0. The van der Waals surface area contributed by atoms with Crippen LogP contribution in [0.25, 0.3) is 0 Å². The highest BCUT2D eigenvalue weighted by atomic mass is 19.4. The molecule has 0 aliphatic carbocycles. The van der Waals surface area contributed by atoms with Gasteiger partial charge in [0.2, 0.25) is 0 Å². The molecule has 0 fully saturated rings. The van der Waals surface area contributed by atoms with E-state index in [-0.39, 0.29) is 18.1 Å². The van der Waals surface area contributed by atoms with Gasteiger partial charge in [-0.1, -0.05) is 13.0 Å². The third-order valence-corrected chi connectivity index (χ3v) is 1.96. The zero-order chi connectivity index (χ0) is 12.2. The molecule has 0 aromatic heterocycles. The van der Waals surface area contributed by atoms with Gasteiger partial charge in [-0.05, 0) is 18.2 Å². The zero-order valence-corrected chi connectivity index (χ0v) is 8.67. The number of hydrogen-bond acceptors (Lipinski definition) is 2. The molecular formula is C11H11F3O2. The molecule has 0 saturated heterocycles. The van der Waals surface area contributed by atoms with Crippen molar-refractivity contribution in [2.24, 2.45) is 0 Å². The Morgan fingerprint density at radius 2 is 2.06 bits per heavy atom. The Kier molecular flexibility index (Phi) is 3.93. The number of Topliss-reactive ketones (excluding diaryl/α,β-unsaturated/α-hetero) is 1. The van der Waals surface area contributed by atoms with Crippen molar-refractivity contribution >= 4 is 5.78 Å². The Morgan fingerprint density at radius 3 is 2.62 bits per heavy atom. The van der Waals surface area contributed by atoms with Crippen molar-refractivity contribution in [3.63, 3.8) is 0 Å². The lowest BCUT2D eigenvalue weighted by atomic mass is 10.2. The van der Waals surface area contributed by atoms with Crippen LogP contribution in [0.15, 0.2) is 24.3 Å². The average Bonchev–Trinajstić information content (AvgIpc) is 2.25. The first-order valence-electron chi connectivity index (χ1n) is 4.75. The van der Waals surface area contributed by atoms with Crippen molar-refractivity contribution in [3.8, 4) is 5.75 Å². The van der Waals surface area contributed by atoms with Crippen LogP contribution in [0, 0.1) is 0 Å². The van der Waals surface area contributed by atoms with Crippen LogP contribution >= 0.6 is 0 Å². The molecule has 0 atom stereocenters. The summed E-state index contributed by atoms with van der Waals surface area (Å²) in [5.41, 5.74) is -0.783. The normalized spacial score (nSPS) is 11.2. The number of hydrogen-bond donors (Lipinski definition) is 0. The smallest absolute Gasteiger partial charge is 0.416 e. The topological polar surface area (TPSA) is 26.3 Å². The fourth-order valence-electron chi connectivity index (χ4n) is 1.03. The van der Waals surface area contributed by atoms with E-state index in [4.69, 9.17) is 4.74 Å². The van der Waals surface area contributed by atoms with Crippen LogP contribution in [0.2, 0.25) is 0 Å². The van der Waals surface area contributed by atoms with Crippen LogP contribution in [0.1, 0.15) is 18.9 Å². The molecule has 16 heavy (non-hydrogen) atoms. The second-order valence-corrected chi connectivity index (χ2v) is 3.21. The third-order valence-electron chi connectivity index (χ3n) is 1.96. The number of carbonyl (C=O) groups is 1. The van der Waals surface area contributed by atoms with E-state index in [0.29, 0.717) is 6.42 Å². The molecule has 0 spiro atoms. The van der Waals surface area contributed by atoms with Gasteiger partial charge in [0.25, 0.3) is 0 Å². The Bertz CT molecular complexity index is 372. The molecule has 5 heteroatoms. The van der Waals surface area contributed by atoms with Crippen molar-refractivity contribution in [3.05, 3.63) is 29.8 Å². The maximum atomic E-state index is 12.3. The molecule has 0 heterocycles. The number of ether oxygens (including phenoxy) is 1. The fraction of sp³-hybridized carbons (Fsp3) is 0.364. The lowest BCUT2D eigenvalue weighted by Crippen LogP contribution is -2.10. The second kappa shape index (κ2) is 5.01. The number of halogens is 3. The standard InChI is InChI=1S/C11H11F3O2/c1-2-9(15)7-16-10-5-3-4-8(6-10)11(12,13)14/h3-6H,2,7H2,1H3. The maximum Gasteiger partial charge on any atom is 0.416 e. The average molecular weight is 232 g/mol. The molecule has 0 aliphatic heterocycles. The van der Waals surface area contributed by atoms with Gasteiger partial charge >= 0.3 is 6.18 Å². The van der Waals surface area contributed by atoms with Gasteiger partial charge in [-0.2, -0.15) is 13.2 Å². The van der Waals surface area contributed by atoms with E-state index >= 15 is 0 Å². The molecule has 1 rings (SSSR count). The largest absolute Gasteiger partial charge is 0.486 e. The summed E-state index contributed by atoms with van der Waals surface area (Å²) < 4.78 is 41.9. The fourth-order valence-corrected chi connectivity index (χ4v) is 1.03. The summed E-state index contributed by atoms with van der Waals surface area (Å²) in [6.07, 6.45) is -4.09. The van der Waals surface area contributed by atoms with E-state index in [1.54, 1.807) is 6.92 Å². The van der Waals surface area contributed by atoms with Crippen LogP contribution in [-0.4, -0.2) is 12.4 Å². The van der Waals surface area contributed by atoms with E-state index in [1.807, 2.05) is 0 Å². The lowest BCUT2D eigenvalue weighted by molar-refractivity contribution is -0.137. The van der Waals surface area contributed by atoms with Crippen LogP contribution < -0.4 is 4.74 Å². The van der Waals surface area contributed by atoms with Crippen molar-refractivity contribution < 1.29 is 22.7 Å². The van der Waals surface area contributed by atoms with E-state index in [1.165, 1.54) is 12.1 Å². The lowest BCUT2D eigenvalue weighted by Gasteiger charge is -2.09. The predicted molar refractivity (Wildman–Crippen MR) is 52.2 cm³/mol. The van der Waals surface area contributed by atoms with Crippen LogP contribution in [-0.2, 0) is 11.0 Å². The van der Waals surface area contributed by atoms with Crippen molar-refractivity contribution in [2.75, 3.05) is 6.61 Å². The summed E-state index contributed by atoms with van der Waals surface area (Å²) in [5.74, 6) is -0.103. The maximum absolute atomic E-state index is 12.3. The molecule has 1 aromatic carbocycles. The van der Waals surface area contributed by atoms with Gasteiger partial charge in [0.1, 0.15) is 12.4 Å². The van der Waals surface area contributed by atoms with Gasteiger partial charge < -0.3 is 4.74 Å². The SMILES string of the molecule is CCC(=O)COc1cccc(C(F)(F)F)c1. The zero-order valence-electron chi connectivity index (χ0n) is 8.67. The van der Waals surface area contributed by atoms with E-state index in [0.717, 1.165) is 12.1 Å². The minimum absolute atomic E-state index is 0.0524. The van der Waals surface area contributed by atoms with Gasteiger partial charge in [0, 0.05) is 6.42 Å². The Labute approximate surface area is 91.0 Å². The second-order valence-electron chi connectivity index (χ2n) is 3.21.